The Bertz CT molecular complexity index is 739. The minimum Gasteiger partial charge on any atom is -0.436 e. The van der Waals surface area contributed by atoms with Crippen molar-refractivity contribution in [3.8, 4) is 0 Å². The lowest BCUT2D eigenvalue weighted by atomic mass is 10.1. The average Bonchev–Trinajstić information content (AvgIpc) is 3.09. The van der Waals surface area contributed by atoms with Crippen LogP contribution in [0.15, 0.2) is 26.2 Å². The van der Waals surface area contributed by atoms with Gasteiger partial charge in [-0.15, -0.1) is 11.3 Å². The van der Waals surface area contributed by atoms with Gasteiger partial charge in [0.05, 0.1) is 11.4 Å². The fourth-order valence-corrected chi connectivity index (χ4v) is 3.78. The third-order valence-electron chi connectivity index (χ3n) is 3.50. The minimum atomic E-state index is 0.136. The lowest BCUT2D eigenvalue weighted by Gasteiger charge is -2.08. The molecule has 21 heavy (non-hydrogen) atoms. The number of hydrogen-bond acceptors (Lipinski definition) is 6. The summed E-state index contributed by atoms with van der Waals surface area (Å²) in [7, 11) is 0. The molecule has 3 aromatic heterocycles. The molecule has 0 aliphatic heterocycles. The zero-order valence-corrected chi connectivity index (χ0v) is 13.9. The number of aryl methyl sites for hydroxylation is 2. The normalized spacial score (nSPS) is 13.1. The molecule has 0 fully saturated rings. The van der Waals surface area contributed by atoms with Crippen molar-refractivity contribution < 1.29 is 4.42 Å². The Morgan fingerprint density at radius 2 is 2.24 bits per heavy atom. The molecule has 1 atom stereocenters. The van der Waals surface area contributed by atoms with Gasteiger partial charge in [0, 0.05) is 24.0 Å². The number of imidazole rings is 1. The topological polar surface area (TPSA) is 69.3 Å². The monoisotopic (exact) mass is 322 g/mol. The predicted octanol–water partition coefficient (Wildman–Crippen LogP) is 3.43. The van der Waals surface area contributed by atoms with E-state index in [0.717, 1.165) is 40.0 Å². The van der Waals surface area contributed by atoms with Crippen molar-refractivity contribution in [3.63, 3.8) is 0 Å². The van der Waals surface area contributed by atoms with Crippen molar-refractivity contribution in [2.45, 2.75) is 49.9 Å². The minimum absolute atomic E-state index is 0.136. The van der Waals surface area contributed by atoms with Crippen molar-refractivity contribution in [2.24, 2.45) is 5.73 Å². The fourth-order valence-electron chi connectivity index (χ4n) is 2.04. The second kappa shape index (κ2) is 5.82. The highest BCUT2D eigenvalue weighted by atomic mass is 32.2. The van der Waals surface area contributed by atoms with E-state index in [4.69, 9.17) is 10.2 Å². The number of oxazole rings is 1. The number of aromatic nitrogens is 3. The van der Waals surface area contributed by atoms with E-state index < -0.39 is 0 Å². The molecule has 0 spiro atoms. The quantitative estimate of drug-likeness (QED) is 0.779. The van der Waals surface area contributed by atoms with Gasteiger partial charge < -0.3 is 10.2 Å². The van der Waals surface area contributed by atoms with Gasteiger partial charge in [-0.3, -0.25) is 4.40 Å². The highest BCUT2D eigenvalue weighted by Crippen LogP contribution is 2.32. The zero-order valence-electron chi connectivity index (χ0n) is 12.3. The van der Waals surface area contributed by atoms with Crippen LogP contribution in [0.25, 0.3) is 4.96 Å². The summed E-state index contributed by atoms with van der Waals surface area (Å²) in [5.74, 6) is 0.852. The Morgan fingerprint density at radius 3 is 2.90 bits per heavy atom. The van der Waals surface area contributed by atoms with Gasteiger partial charge in [-0.25, -0.2) is 9.97 Å². The fraction of sp³-hybridized carbons (Fsp3) is 0.429. The molecule has 1 unspecified atom stereocenters. The SMILES string of the molecule is CCC(N)Cc1c(Sc2nc(C)c(C)o2)nc2sccn12. The Labute approximate surface area is 131 Å². The first-order valence-electron chi connectivity index (χ1n) is 6.90. The summed E-state index contributed by atoms with van der Waals surface area (Å²) in [5.41, 5.74) is 8.19. The van der Waals surface area contributed by atoms with Gasteiger partial charge >= 0.3 is 0 Å². The van der Waals surface area contributed by atoms with Crippen LogP contribution >= 0.6 is 23.1 Å². The maximum atomic E-state index is 6.13. The molecule has 0 saturated heterocycles. The Morgan fingerprint density at radius 1 is 1.43 bits per heavy atom. The number of nitrogens with zero attached hydrogens (tertiary/aromatic N) is 3. The maximum Gasteiger partial charge on any atom is 0.262 e. The highest BCUT2D eigenvalue weighted by molar-refractivity contribution is 7.99. The van der Waals surface area contributed by atoms with E-state index >= 15 is 0 Å². The largest absolute Gasteiger partial charge is 0.436 e. The van der Waals surface area contributed by atoms with E-state index in [1.54, 1.807) is 11.3 Å². The number of fused-ring (bicyclic) bond motifs is 1. The van der Waals surface area contributed by atoms with Crippen LogP contribution in [0, 0.1) is 13.8 Å². The van der Waals surface area contributed by atoms with Crippen LogP contribution in [0.2, 0.25) is 0 Å². The van der Waals surface area contributed by atoms with Crippen LogP contribution in [0.4, 0.5) is 0 Å². The second-order valence-corrected chi connectivity index (χ2v) is 6.83. The Kier molecular flexibility index (Phi) is 4.05. The van der Waals surface area contributed by atoms with E-state index in [1.807, 2.05) is 25.4 Å². The van der Waals surface area contributed by atoms with E-state index in [-0.39, 0.29) is 6.04 Å². The first-order valence-corrected chi connectivity index (χ1v) is 8.60. The van der Waals surface area contributed by atoms with Crippen LogP contribution in [0.1, 0.15) is 30.5 Å². The second-order valence-electron chi connectivity index (χ2n) is 5.02. The van der Waals surface area contributed by atoms with Gasteiger partial charge in [0.1, 0.15) is 10.8 Å². The van der Waals surface area contributed by atoms with Crippen LogP contribution < -0.4 is 5.73 Å². The molecule has 0 amide bonds. The smallest absolute Gasteiger partial charge is 0.262 e. The van der Waals surface area contributed by atoms with Crippen molar-refractivity contribution in [1.82, 2.24) is 14.4 Å². The molecule has 7 heteroatoms. The van der Waals surface area contributed by atoms with Gasteiger partial charge in [0.25, 0.3) is 5.22 Å². The summed E-state index contributed by atoms with van der Waals surface area (Å²) in [6.45, 7) is 5.97. The van der Waals surface area contributed by atoms with Gasteiger partial charge in [-0.05, 0) is 32.0 Å². The number of hydrogen-bond donors (Lipinski definition) is 1. The van der Waals surface area contributed by atoms with Gasteiger partial charge in [-0.2, -0.15) is 0 Å². The van der Waals surface area contributed by atoms with Crippen molar-refractivity contribution >= 4 is 28.1 Å². The van der Waals surface area contributed by atoms with Gasteiger partial charge in [0.15, 0.2) is 4.96 Å². The molecule has 112 valence electrons. The average molecular weight is 322 g/mol. The third kappa shape index (κ3) is 2.86. The van der Waals surface area contributed by atoms with Crippen molar-refractivity contribution in [2.75, 3.05) is 0 Å². The molecule has 0 aliphatic rings. The van der Waals surface area contributed by atoms with Gasteiger partial charge in [-0.1, -0.05) is 6.92 Å². The zero-order chi connectivity index (χ0) is 15.0. The van der Waals surface area contributed by atoms with E-state index in [1.165, 1.54) is 11.8 Å². The molecule has 0 aromatic carbocycles. The van der Waals surface area contributed by atoms with E-state index in [2.05, 4.69) is 21.3 Å². The summed E-state index contributed by atoms with van der Waals surface area (Å²) in [6.07, 6.45) is 3.79. The molecule has 5 nitrogen and oxygen atoms in total. The third-order valence-corrected chi connectivity index (χ3v) is 5.12. The Hall–Kier alpha value is -1.31. The lowest BCUT2D eigenvalue weighted by molar-refractivity contribution is 0.431. The summed E-state index contributed by atoms with van der Waals surface area (Å²) in [6, 6.07) is 0.136. The standard InChI is InChI=1S/C14H18N4OS2/c1-4-10(15)7-11-12(17-13-18(11)5-6-20-13)21-14-16-8(2)9(3)19-14/h5-6,10H,4,7,15H2,1-3H3. The van der Waals surface area contributed by atoms with Crippen LogP contribution in [-0.2, 0) is 6.42 Å². The molecular formula is C14H18N4OS2. The molecule has 3 rings (SSSR count). The molecule has 3 aromatic rings. The molecule has 0 aliphatic carbocycles. The molecule has 0 bridgehead atoms. The van der Waals surface area contributed by atoms with E-state index in [9.17, 15) is 0 Å². The maximum absolute atomic E-state index is 6.13. The number of nitrogens with two attached hydrogens (primary N) is 1. The van der Waals surface area contributed by atoms with E-state index in [0.29, 0.717) is 5.22 Å². The summed E-state index contributed by atoms with van der Waals surface area (Å²) < 4.78 is 7.77. The first kappa shape index (κ1) is 14.6. The van der Waals surface area contributed by atoms with Crippen LogP contribution in [-0.4, -0.2) is 20.4 Å². The number of rotatable bonds is 5. The lowest BCUT2D eigenvalue weighted by Crippen LogP contribution is -2.22. The summed E-state index contributed by atoms with van der Waals surface area (Å²) in [4.78, 5) is 10.1. The van der Waals surface area contributed by atoms with Gasteiger partial charge in [0.2, 0.25) is 0 Å². The van der Waals surface area contributed by atoms with Crippen LogP contribution in [0.3, 0.4) is 0 Å². The summed E-state index contributed by atoms with van der Waals surface area (Å²) in [5, 5.41) is 3.62. The molecular weight excluding hydrogens is 304 g/mol. The molecule has 3 heterocycles. The molecule has 0 radical (unpaired) electrons. The summed E-state index contributed by atoms with van der Waals surface area (Å²) >= 11 is 3.10. The number of thiazole rings is 1. The molecule has 0 saturated carbocycles. The van der Waals surface area contributed by atoms with Crippen molar-refractivity contribution in [3.05, 3.63) is 28.7 Å². The first-order chi connectivity index (χ1) is 10.1. The predicted molar refractivity (Wildman–Crippen MR) is 85.1 cm³/mol. The van der Waals surface area contributed by atoms with Crippen molar-refractivity contribution in [1.29, 1.82) is 0 Å². The molecule has 2 N–H and O–H groups in total. The van der Waals surface area contributed by atoms with Crippen LogP contribution in [0.5, 0.6) is 0 Å². The highest BCUT2D eigenvalue weighted by Gasteiger charge is 2.19. The Balaban J connectivity index is 1.96.